The van der Waals surface area contributed by atoms with E-state index in [2.05, 4.69) is 5.32 Å². The molecule has 27 heavy (non-hydrogen) atoms. The molecule has 0 fully saturated rings. The van der Waals surface area contributed by atoms with Gasteiger partial charge in [-0.1, -0.05) is 42.5 Å². The fraction of sp³-hybridized carbons (Fsp3) is 0.174. The Labute approximate surface area is 160 Å². The molecule has 0 radical (unpaired) electrons. The minimum Gasteiger partial charge on any atom is -0.422 e. The molecule has 1 aliphatic rings. The van der Waals surface area contributed by atoms with Gasteiger partial charge in [0.25, 0.3) is 0 Å². The van der Waals surface area contributed by atoms with Crippen LogP contribution in [0.25, 0.3) is 5.57 Å². The molecule has 138 valence electrons. The third kappa shape index (κ3) is 3.95. The van der Waals surface area contributed by atoms with E-state index in [4.69, 9.17) is 10.5 Å². The van der Waals surface area contributed by atoms with Crippen molar-refractivity contribution in [1.82, 2.24) is 0 Å². The summed E-state index contributed by atoms with van der Waals surface area (Å²) in [5.74, 6) is 0.203. The zero-order chi connectivity index (χ0) is 19.4. The van der Waals surface area contributed by atoms with Crippen molar-refractivity contribution in [3.05, 3.63) is 83.0 Å². The first kappa shape index (κ1) is 18.5. The monoisotopic (exact) mass is 360 g/mol. The van der Waals surface area contributed by atoms with Crippen LogP contribution in [0.2, 0.25) is 0 Å². The highest BCUT2D eigenvalue weighted by atomic mass is 16.5. The Bertz CT molecular complexity index is 945. The average Bonchev–Trinajstić information content (AvgIpc) is 2.64. The van der Waals surface area contributed by atoms with Gasteiger partial charge in [0.05, 0.1) is 5.57 Å². The predicted octanol–water partition coefficient (Wildman–Crippen LogP) is 4.80. The number of nitrogens with one attached hydrogen (secondary N) is 1. The standard InChI is InChI=1S/C23H24N2O2/c1-4-5-6-9-17-14-25-20-11-8-7-10-19(20)21(17)23(26)27-22-15(2)12-18(24)13-16(22)3/h4-13,25H,14,24H2,1-3H3/b5-4-,9-6-. The van der Waals surface area contributed by atoms with E-state index >= 15 is 0 Å². The van der Waals surface area contributed by atoms with Crippen LogP contribution < -0.4 is 15.8 Å². The molecule has 2 aromatic carbocycles. The molecule has 0 atom stereocenters. The Morgan fingerprint density at radius 3 is 2.56 bits per heavy atom. The SMILES string of the molecule is C/C=C\C=C/C1=C(C(=O)Oc2c(C)cc(N)cc2C)c2ccccc2NC1. The molecule has 1 aliphatic heterocycles. The average molecular weight is 360 g/mol. The minimum absolute atomic E-state index is 0.361. The number of aryl methyl sites for hydroxylation is 2. The lowest BCUT2D eigenvalue weighted by Crippen LogP contribution is -2.21. The molecule has 0 bridgehead atoms. The second-order valence-electron chi connectivity index (χ2n) is 6.56. The quantitative estimate of drug-likeness (QED) is 0.356. The van der Waals surface area contributed by atoms with Gasteiger partial charge in [-0.05, 0) is 55.7 Å². The number of hydrogen-bond acceptors (Lipinski definition) is 4. The maximum absolute atomic E-state index is 13.2. The van der Waals surface area contributed by atoms with E-state index in [1.54, 1.807) is 0 Å². The topological polar surface area (TPSA) is 64.3 Å². The molecular weight excluding hydrogens is 336 g/mol. The molecule has 0 unspecified atom stereocenters. The van der Waals surface area contributed by atoms with Crippen molar-refractivity contribution in [2.45, 2.75) is 20.8 Å². The van der Waals surface area contributed by atoms with E-state index < -0.39 is 0 Å². The molecule has 0 spiro atoms. The van der Waals surface area contributed by atoms with Crippen LogP contribution in [-0.4, -0.2) is 12.5 Å². The lowest BCUT2D eigenvalue weighted by Gasteiger charge is -2.23. The van der Waals surface area contributed by atoms with E-state index in [-0.39, 0.29) is 5.97 Å². The van der Waals surface area contributed by atoms with Gasteiger partial charge in [0, 0.05) is 23.5 Å². The fourth-order valence-corrected chi connectivity index (χ4v) is 3.26. The minimum atomic E-state index is -0.361. The highest BCUT2D eigenvalue weighted by Crippen LogP contribution is 2.34. The van der Waals surface area contributed by atoms with Crippen LogP contribution in [0.5, 0.6) is 5.75 Å². The smallest absolute Gasteiger partial charge is 0.344 e. The summed E-state index contributed by atoms with van der Waals surface area (Å²) in [7, 11) is 0. The van der Waals surface area contributed by atoms with Gasteiger partial charge >= 0.3 is 5.97 Å². The van der Waals surface area contributed by atoms with Gasteiger partial charge in [0.2, 0.25) is 0 Å². The van der Waals surface area contributed by atoms with Crippen LogP contribution in [0, 0.1) is 13.8 Å². The Balaban J connectivity index is 2.05. The van der Waals surface area contributed by atoms with Crippen molar-refractivity contribution >= 4 is 22.9 Å². The van der Waals surface area contributed by atoms with Crippen LogP contribution in [0.15, 0.2) is 66.3 Å². The van der Waals surface area contributed by atoms with Crippen LogP contribution in [0.4, 0.5) is 11.4 Å². The molecule has 1 heterocycles. The van der Waals surface area contributed by atoms with Crippen LogP contribution >= 0.6 is 0 Å². The van der Waals surface area contributed by atoms with E-state index in [0.29, 0.717) is 23.6 Å². The summed E-state index contributed by atoms with van der Waals surface area (Å²) in [6.07, 6.45) is 7.76. The van der Waals surface area contributed by atoms with E-state index in [0.717, 1.165) is 28.0 Å². The summed E-state index contributed by atoms with van der Waals surface area (Å²) >= 11 is 0. The molecule has 0 amide bonds. The van der Waals surface area contributed by atoms with Crippen molar-refractivity contribution in [2.24, 2.45) is 0 Å². The van der Waals surface area contributed by atoms with Crippen LogP contribution in [0.3, 0.4) is 0 Å². The number of esters is 1. The zero-order valence-corrected chi connectivity index (χ0v) is 15.9. The number of carbonyl (C=O) groups excluding carboxylic acids is 1. The predicted molar refractivity (Wildman–Crippen MR) is 112 cm³/mol. The Morgan fingerprint density at radius 1 is 1.15 bits per heavy atom. The van der Waals surface area contributed by atoms with Crippen molar-refractivity contribution in [1.29, 1.82) is 0 Å². The Kier molecular flexibility index (Phi) is 5.46. The van der Waals surface area contributed by atoms with Gasteiger partial charge in [-0.15, -0.1) is 0 Å². The summed E-state index contributed by atoms with van der Waals surface area (Å²) in [6, 6.07) is 11.4. The number of fused-ring (bicyclic) bond motifs is 1. The van der Waals surface area contributed by atoms with Crippen molar-refractivity contribution < 1.29 is 9.53 Å². The van der Waals surface area contributed by atoms with Crippen molar-refractivity contribution in [3.63, 3.8) is 0 Å². The van der Waals surface area contributed by atoms with Gasteiger partial charge in [-0.3, -0.25) is 0 Å². The molecule has 0 aliphatic carbocycles. The summed E-state index contributed by atoms with van der Waals surface area (Å²) in [5.41, 5.74) is 11.5. The lowest BCUT2D eigenvalue weighted by atomic mass is 9.94. The van der Waals surface area contributed by atoms with Crippen LogP contribution in [-0.2, 0) is 4.79 Å². The number of nitrogen functional groups attached to an aromatic ring is 1. The molecular formula is C23H24N2O2. The normalized spacial score (nSPS) is 13.7. The van der Waals surface area contributed by atoms with Gasteiger partial charge in [-0.2, -0.15) is 0 Å². The van der Waals surface area contributed by atoms with Crippen LogP contribution in [0.1, 0.15) is 23.6 Å². The van der Waals surface area contributed by atoms with Gasteiger partial charge in [0.15, 0.2) is 0 Å². The summed E-state index contributed by atoms with van der Waals surface area (Å²) < 4.78 is 5.83. The molecule has 3 N–H and O–H groups in total. The number of ether oxygens (including phenoxy) is 1. The first-order valence-electron chi connectivity index (χ1n) is 8.96. The molecule has 0 saturated heterocycles. The fourth-order valence-electron chi connectivity index (χ4n) is 3.26. The maximum Gasteiger partial charge on any atom is 0.344 e. The first-order valence-corrected chi connectivity index (χ1v) is 8.96. The summed E-state index contributed by atoms with van der Waals surface area (Å²) in [4.78, 5) is 13.2. The second-order valence-corrected chi connectivity index (χ2v) is 6.56. The molecule has 0 aromatic heterocycles. The summed E-state index contributed by atoms with van der Waals surface area (Å²) in [6.45, 7) is 6.30. The largest absolute Gasteiger partial charge is 0.422 e. The third-order valence-corrected chi connectivity index (χ3v) is 4.47. The van der Waals surface area contributed by atoms with E-state index in [9.17, 15) is 4.79 Å². The number of rotatable bonds is 4. The number of allylic oxidation sites excluding steroid dienone is 3. The highest BCUT2D eigenvalue weighted by Gasteiger charge is 2.25. The van der Waals surface area contributed by atoms with E-state index in [1.165, 1.54) is 0 Å². The number of carbonyl (C=O) groups is 1. The Hall–Kier alpha value is -3.27. The number of benzene rings is 2. The maximum atomic E-state index is 13.2. The second kappa shape index (κ2) is 7.96. The summed E-state index contributed by atoms with van der Waals surface area (Å²) in [5, 5.41) is 3.36. The molecule has 0 saturated carbocycles. The highest BCUT2D eigenvalue weighted by molar-refractivity contribution is 6.21. The molecule has 4 nitrogen and oxygen atoms in total. The van der Waals surface area contributed by atoms with Gasteiger partial charge in [-0.25, -0.2) is 4.79 Å². The number of hydrogen-bond donors (Lipinski definition) is 2. The van der Waals surface area contributed by atoms with E-state index in [1.807, 2.05) is 81.5 Å². The first-order chi connectivity index (χ1) is 13.0. The zero-order valence-electron chi connectivity index (χ0n) is 15.9. The van der Waals surface area contributed by atoms with Crippen molar-refractivity contribution in [2.75, 3.05) is 17.6 Å². The Morgan fingerprint density at radius 2 is 1.85 bits per heavy atom. The molecule has 4 heteroatoms. The lowest BCUT2D eigenvalue weighted by molar-refractivity contribution is -0.128. The number of anilines is 2. The van der Waals surface area contributed by atoms with Gasteiger partial charge in [0.1, 0.15) is 5.75 Å². The number of nitrogens with two attached hydrogens (primary N) is 1. The third-order valence-electron chi connectivity index (χ3n) is 4.47. The van der Waals surface area contributed by atoms with Gasteiger partial charge < -0.3 is 15.8 Å². The number of para-hydroxylation sites is 1. The van der Waals surface area contributed by atoms with Crippen molar-refractivity contribution in [3.8, 4) is 5.75 Å². The molecule has 2 aromatic rings. The molecule has 3 rings (SSSR count).